The van der Waals surface area contributed by atoms with Crippen LogP contribution in [-0.4, -0.2) is 58.9 Å². The van der Waals surface area contributed by atoms with E-state index in [9.17, 15) is 14.7 Å². The van der Waals surface area contributed by atoms with Crippen molar-refractivity contribution >= 4 is 11.9 Å². The molecule has 0 spiro atoms. The largest absolute Gasteiger partial charge is 0.492 e. The van der Waals surface area contributed by atoms with Gasteiger partial charge in [0.05, 0.1) is 26.1 Å². The number of hydrogen-bond donors (Lipinski definition) is 2. The molecule has 2 aliphatic heterocycles. The number of carboxylic acid groups (broad SMARTS) is 1. The summed E-state index contributed by atoms with van der Waals surface area (Å²) in [4.78, 5) is 24.5. The van der Waals surface area contributed by atoms with Gasteiger partial charge in [-0.25, -0.2) is 0 Å². The van der Waals surface area contributed by atoms with Gasteiger partial charge in [-0.2, -0.15) is 0 Å². The molecule has 2 atom stereocenters. The molecule has 0 bridgehead atoms. The smallest absolute Gasteiger partial charge is 0.304 e. The van der Waals surface area contributed by atoms with Crippen LogP contribution in [0.25, 0.3) is 11.1 Å². The fourth-order valence-corrected chi connectivity index (χ4v) is 5.31. The van der Waals surface area contributed by atoms with E-state index in [1.54, 1.807) is 4.90 Å². The van der Waals surface area contributed by atoms with E-state index in [0.29, 0.717) is 37.8 Å². The molecular formula is C31H33NO7. The lowest BCUT2D eigenvalue weighted by Gasteiger charge is -2.39. The van der Waals surface area contributed by atoms with Crippen LogP contribution < -0.4 is 14.2 Å². The van der Waals surface area contributed by atoms with Crippen LogP contribution in [-0.2, 0) is 16.2 Å². The number of hydrogen-bond acceptors (Lipinski definition) is 6. The molecule has 1 unspecified atom stereocenters. The zero-order valence-electron chi connectivity index (χ0n) is 22.3. The number of nitrogens with zero attached hydrogens (tertiary/aromatic N) is 1. The third-order valence-electron chi connectivity index (χ3n) is 7.23. The van der Waals surface area contributed by atoms with Crippen molar-refractivity contribution in [1.29, 1.82) is 0 Å². The molecule has 0 radical (unpaired) electrons. The number of likely N-dealkylation sites (tertiary alicyclic amines) is 1. The van der Waals surface area contributed by atoms with Crippen molar-refractivity contribution in [1.82, 2.24) is 4.90 Å². The van der Waals surface area contributed by atoms with Crippen LogP contribution in [0.4, 0.5) is 0 Å². The second-order valence-corrected chi connectivity index (χ2v) is 10.4. The number of carboxylic acids is 1. The van der Waals surface area contributed by atoms with E-state index in [-0.39, 0.29) is 24.3 Å². The molecule has 1 fully saturated rings. The average Bonchev–Trinajstić information content (AvgIpc) is 3.25. The number of carbonyl (C=O) groups excluding carboxylic acids is 1. The fourth-order valence-electron chi connectivity index (χ4n) is 5.31. The number of amides is 1. The molecule has 0 saturated carbocycles. The summed E-state index contributed by atoms with van der Waals surface area (Å²) in [5.74, 6) is 0.899. The molecule has 3 aromatic rings. The van der Waals surface area contributed by atoms with Crippen LogP contribution >= 0.6 is 0 Å². The van der Waals surface area contributed by atoms with Crippen LogP contribution in [0.2, 0.25) is 0 Å². The maximum absolute atomic E-state index is 11.9. The molecule has 1 amide bonds. The Hall–Kier alpha value is -4.04. The molecule has 0 aliphatic carbocycles. The van der Waals surface area contributed by atoms with Crippen LogP contribution in [0, 0.1) is 13.8 Å². The van der Waals surface area contributed by atoms with Crippen LogP contribution in [0.1, 0.15) is 41.5 Å². The predicted molar refractivity (Wildman–Crippen MR) is 145 cm³/mol. The van der Waals surface area contributed by atoms with Gasteiger partial charge in [-0.3, -0.25) is 9.59 Å². The van der Waals surface area contributed by atoms with Crippen molar-refractivity contribution in [3.8, 4) is 28.4 Å². The predicted octanol–water partition coefficient (Wildman–Crippen LogP) is 4.47. The minimum absolute atomic E-state index is 0.0517. The molecular weight excluding hydrogens is 498 g/mol. The van der Waals surface area contributed by atoms with E-state index >= 15 is 0 Å². The summed E-state index contributed by atoms with van der Waals surface area (Å²) in [5.41, 5.74) is 6.34. The first-order valence-electron chi connectivity index (χ1n) is 13.1. The first-order chi connectivity index (χ1) is 18.7. The Kier molecular flexibility index (Phi) is 7.48. The lowest BCUT2D eigenvalue weighted by atomic mass is 9.94. The van der Waals surface area contributed by atoms with Gasteiger partial charge in [-0.1, -0.05) is 24.3 Å². The third-order valence-corrected chi connectivity index (χ3v) is 7.23. The molecule has 39 heavy (non-hydrogen) atoms. The van der Waals surface area contributed by atoms with Crippen LogP contribution in [0.15, 0.2) is 54.6 Å². The number of fused-ring (bicyclic) bond motifs is 1. The van der Waals surface area contributed by atoms with Crippen molar-refractivity contribution in [2.45, 2.75) is 51.9 Å². The van der Waals surface area contributed by atoms with E-state index in [2.05, 4.69) is 26.0 Å². The number of aliphatic carboxylic acids is 1. The number of aliphatic hydroxyl groups is 1. The van der Waals surface area contributed by atoms with E-state index < -0.39 is 12.1 Å². The zero-order chi connectivity index (χ0) is 27.7. The number of carbonyl (C=O) groups is 2. The molecule has 1 saturated heterocycles. The van der Waals surface area contributed by atoms with Crippen molar-refractivity contribution in [3.63, 3.8) is 0 Å². The first kappa shape index (κ1) is 26.6. The molecule has 2 N–H and O–H groups in total. The lowest BCUT2D eigenvalue weighted by molar-refractivity contribution is -0.148. The molecule has 2 aliphatic rings. The summed E-state index contributed by atoms with van der Waals surface area (Å²) in [6, 6.07) is 17.9. The maximum Gasteiger partial charge on any atom is 0.304 e. The SMILES string of the molecule is Cc1cc(OC2CN(C(=O)[C@H](C)O)C2)cc(C)c1-c1cccc(COc2ccc3c(c2)OCC3CC(=O)O)c1. The normalized spacial score (nSPS) is 17.1. The summed E-state index contributed by atoms with van der Waals surface area (Å²) in [6.45, 7) is 7.31. The van der Waals surface area contributed by atoms with Gasteiger partial charge in [0.25, 0.3) is 5.91 Å². The van der Waals surface area contributed by atoms with E-state index in [4.69, 9.17) is 19.3 Å². The van der Waals surface area contributed by atoms with Gasteiger partial charge in [0.15, 0.2) is 0 Å². The average molecular weight is 532 g/mol. The molecule has 204 valence electrons. The Balaban J connectivity index is 1.23. The van der Waals surface area contributed by atoms with Gasteiger partial charge in [0, 0.05) is 17.5 Å². The van der Waals surface area contributed by atoms with Crippen molar-refractivity contribution < 1.29 is 34.0 Å². The van der Waals surface area contributed by atoms with Gasteiger partial charge in [-0.05, 0) is 72.9 Å². The van der Waals surface area contributed by atoms with Gasteiger partial charge in [0.1, 0.15) is 36.1 Å². The summed E-state index contributed by atoms with van der Waals surface area (Å²) in [6.07, 6.45) is -1.02. The summed E-state index contributed by atoms with van der Waals surface area (Å²) < 4.78 is 17.8. The topological polar surface area (TPSA) is 106 Å². The van der Waals surface area contributed by atoms with Crippen molar-refractivity contribution in [2.75, 3.05) is 19.7 Å². The van der Waals surface area contributed by atoms with E-state index in [1.165, 1.54) is 6.92 Å². The minimum Gasteiger partial charge on any atom is -0.492 e. The number of aliphatic hydroxyl groups excluding tert-OH is 1. The third kappa shape index (κ3) is 5.86. The standard InChI is InChI=1S/C31H33NO7/c1-18-9-25(39-26-14-32(15-26)31(36)20(3)33)10-19(2)30(18)22-6-4-5-21(11-22)16-37-24-7-8-27-23(12-29(34)35)17-38-28(27)13-24/h4-11,13,20,23,26,33H,12,14-17H2,1-3H3,(H,34,35)/t20-,23?/m0/s1. The Morgan fingerprint density at radius 3 is 2.49 bits per heavy atom. The fraction of sp³-hybridized carbons (Fsp3) is 0.355. The number of ether oxygens (including phenoxy) is 3. The number of aryl methyl sites for hydroxylation is 2. The quantitative estimate of drug-likeness (QED) is 0.420. The van der Waals surface area contributed by atoms with Gasteiger partial charge < -0.3 is 29.3 Å². The summed E-state index contributed by atoms with van der Waals surface area (Å²) >= 11 is 0. The first-order valence-corrected chi connectivity index (χ1v) is 13.1. The Labute approximate surface area is 227 Å². The van der Waals surface area contributed by atoms with Crippen LogP contribution in [0.3, 0.4) is 0 Å². The molecule has 5 rings (SSSR count). The molecule has 0 aromatic heterocycles. The monoisotopic (exact) mass is 531 g/mol. The second kappa shape index (κ2) is 11.0. The van der Waals surface area contributed by atoms with E-state index in [0.717, 1.165) is 39.1 Å². The lowest BCUT2D eigenvalue weighted by Crippen LogP contribution is -2.58. The number of rotatable bonds is 9. The maximum atomic E-state index is 11.9. The highest BCUT2D eigenvalue weighted by Crippen LogP contribution is 2.38. The Bertz CT molecular complexity index is 1370. The second-order valence-electron chi connectivity index (χ2n) is 10.4. The van der Waals surface area contributed by atoms with E-state index in [1.807, 2.05) is 42.5 Å². The highest BCUT2D eigenvalue weighted by Gasteiger charge is 2.34. The van der Waals surface area contributed by atoms with Crippen molar-refractivity contribution in [2.24, 2.45) is 0 Å². The Morgan fingerprint density at radius 1 is 1.05 bits per heavy atom. The van der Waals surface area contributed by atoms with Gasteiger partial charge in [-0.15, -0.1) is 0 Å². The van der Waals surface area contributed by atoms with Gasteiger partial charge >= 0.3 is 5.97 Å². The molecule has 2 heterocycles. The molecule has 8 heteroatoms. The van der Waals surface area contributed by atoms with Crippen molar-refractivity contribution in [3.05, 3.63) is 76.9 Å². The molecule has 3 aromatic carbocycles. The Morgan fingerprint density at radius 2 is 1.79 bits per heavy atom. The van der Waals surface area contributed by atoms with Crippen LogP contribution in [0.5, 0.6) is 17.2 Å². The zero-order valence-corrected chi connectivity index (χ0v) is 22.3. The van der Waals surface area contributed by atoms with Gasteiger partial charge in [0.2, 0.25) is 0 Å². The highest BCUT2D eigenvalue weighted by atomic mass is 16.5. The highest BCUT2D eigenvalue weighted by molar-refractivity contribution is 5.81. The molecule has 8 nitrogen and oxygen atoms in total. The number of benzene rings is 3. The minimum atomic E-state index is -0.989. The summed E-state index contributed by atoms with van der Waals surface area (Å²) in [7, 11) is 0. The summed E-state index contributed by atoms with van der Waals surface area (Å²) in [5, 5.41) is 18.6.